The van der Waals surface area contributed by atoms with Gasteiger partial charge in [-0.25, -0.2) is 4.98 Å². The van der Waals surface area contributed by atoms with Gasteiger partial charge in [-0.1, -0.05) is 0 Å². The van der Waals surface area contributed by atoms with Gasteiger partial charge < -0.3 is 15.0 Å². The molecule has 7 heteroatoms. The van der Waals surface area contributed by atoms with Crippen LogP contribution in [0.4, 0.5) is 0 Å². The molecule has 0 amide bonds. The van der Waals surface area contributed by atoms with Crippen molar-refractivity contribution >= 4 is 51.2 Å². The summed E-state index contributed by atoms with van der Waals surface area (Å²) < 4.78 is 8.33. The molecule has 1 aromatic heterocycles. The number of ether oxygens (including phenoxy) is 1. The fraction of sp³-hybridized carbons (Fsp3) is 0.500. The highest BCUT2D eigenvalue weighted by molar-refractivity contribution is 14.1. The minimum absolute atomic E-state index is 0.355. The molecule has 0 aliphatic heterocycles. The molecule has 0 aromatic carbocycles. The molecule has 0 saturated heterocycles. The second kappa shape index (κ2) is 4.95. The Morgan fingerprint density at radius 1 is 1.73 bits per heavy atom. The van der Waals surface area contributed by atoms with E-state index in [0.717, 1.165) is 7.40 Å². The molecular weight excluding hydrogens is 424 g/mol. The molecule has 1 heterocycles. The molecule has 1 aromatic rings. The van der Waals surface area contributed by atoms with E-state index < -0.39 is 11.5 Å². The number of imidazole rings is 1. The summed E-state index contributed by atoms with van der Waals surface area (Å²) in [6.07, 6.45) is 1.66. The molecule has 0 aliphatic rings. The van der Waals surface area contributed by atoms with Crippen molar-refractivity contribution in [2.45, 2.75) is 19.0 Å². The summed E-state index contributed by atoms with van der Waals surface area (Å²) in [5.41, 5.74) is 4.82. The van der Waals surface area contributed by atoms with Gasteiger partial charge in [-0.3, -0.25) is 4.79 Å². The largest absolute Gasteiger partial charge is 0.468 e. The van der Waals surface area contributed by atoms with Crippen LogP contribution in [0.2, 0.25) is 0 Å². The van der Waals surface area contributed by atoms with Crippen molar-refractivity contribution in [3.05, 3.63) is 13.7 Å². The van der Waals surface area contributed by atoms with Gasteiger partial charge in [0.2, 0.25) is 0 Å². The van der Waals surface area contributed by atoms with E-state index in [9.17, 15) is 4.79 Å². The number of carbonyl (C=O) groups is 1. The Hall–Kier alpha value is 0.100. The molecular formula is C8H11I2N3O2. The molecule has 0 bridgehead atoms. The van der Waals surface area contributed by atoms with E-state index in [1.54, 1.807) is 13.3 Å². The Bertz CT molecular complexity index is 376. The third-order valence-electron chi connectivity index (χ3n) is 1.88. The number of carbonyl (C=O) groups excluding carboxylic acids is 1. The normalized spacial score (nSPS) is 14.7. The van der Waals surface area contributed by atoms with Crippen LogP contribution in [0.25, 0.3) is 0 Å². The maximum absolute atomic E-state index is 11.4. The van der Waals surface area contributed by atoms with Crippen molar-refractivity contribution in [1.29, 1.82) is 0 Å². The number of esters is 1. The lowest BCUT2D eigenvalue weighted by Gasteiger charge is -2.22. The molecule has 1 rings (SSSR count). The number of hydrogen-bond acceptors (Lipinski definition) is 4. The van der Waals surface area contributed by atoms with Crippen LogP contribution < -0.4 is 5.73 Å². The number of hydrogen-bond donors (Lipinski definition) is 1. The molecule has 2 N–H and O–H groups in total. The van der Waals surface area contributed by atoms with Gasteiger partial charge >= 0.3 is 5.97 Å². The standard InChI is InChI=1S/C8H11I2N3O2/c1-8(11,7(14)15-2)3-13-4-12-5(9)6(13)10/h4H,3,11H2,1-2H3. The Balaban J connectivity index is 2.86. The summed E-state index contributed by atoms with van der Waals surface area (Å²) in [6, 6.07) is 0. The first kappa shape index (κ1) is 13.2. The Morgan fingerprint density at radius 2 is 2.33 bits per heavy atom. The topological polar surface area (TPSA) is 70.1 Å². The molecule has 84 valence electrons. The highest BCUT2D eigenvalue weighted by atomic mass is 127. The van der Waals surface area contributed by atoms with Crippen LogP contribution in [0, 0.1) is 7.40 Å². The maximum Gasteiger partial charge on any atom is 0.327 e. The first-order valence-electron chi connectivity index (χ1n) is 4.12. The Kier molecular flexibility index (Phi) is 4.35. The predicted octanol–water partition coefficient (Wildman–Crippen LogP) is 0.983. The van der Waals surface area contributed by atoms with Gasteiger partial charge in [-0.15, -0.1) is 0 Å². The average molecular weight is 435 g/mol. The van der Waals surface area contributed by atoms with Gasteiger partial charge in [-0.2, -0.15) is 0 Å². The summed E-state index contributed by atoms with van der Waals surface area (Å²) in [6.45, 7) is 2.00. The monoisotopic (exact) mass is 435 g/mol. The van der Waals surface area contributed by atoms with E-state index in [-0.39, 0.29) is 0 Å². The number of rotatable bonds is 3. The van der Waals surface area contributed by atoms with Crippen molar-refractivity contribution in [3.8, 4) is 0 Å². The highest BCUT2D eigenvalue weighted by Gasteiger charge is 2.30. The van der Waals surface area contributed by atoms with Gasteiger partial charge in [0.25, 0.3) is 0 Å². The van der Waals surface area contributed by atoms with Crippen LogP contribution in [0.5, 0.6) is 0 Å². The van der Waals surface area contributed by atoms with Crippen molar-refractivity contribution in [2.24, 2.45) is 5.73 Å². The molecule has 0 spiro atoms. The molecule has 1 unspecified atom stereocenters. The van der Waals surface area contributed by atoms with Gasteiger partial charge in [0.1, 0.15) is 12.9 Å². The number of methoxy groups -OCH3 is 1. The highest BCUT2D eigenvalue weighted by Crippen LogP contribution is 2.16. The zero-order chi connectivity index (χ0) is 11.6. The third kappa shape index (κ3) is 3.03. The lowest BCUT2D eigenvalue weighted by Crippen LogP contribution is -2.49. The summed E-state index contributed by atoms with van der Waals surface area (Å²) in [7, 11) is 1.33. The summed E-state index contributed by atoms with van der Waals surface area (Å²) in [4.78, 5) is 15.5. The summed E-state index contributed by atoms with van der Waals surface area (Å²) in [5.74, 6) is -0.429. The maximum atomic E-state index is 11.4. The first-order valence-corrected chi connectivity index (χ1v) is 6.27. The zero-order valence-electron chi connectivity index (χ0n) is 8.33. The fourth-order valence-corrected chi connectivity index (χ4v) is 1.97. The SMILES string of the molecule is COC(=O)C(C)(N)Cn1cnc(I)c1I. The first-order chi connectivity index (χ1) is 6.88. The van der Waals surface area contributed by atoms with Crippen molar-refractivity contribution < 1.29 is 9.53 Å². The van der Waals surface area contributed by atoms with Crippen LogP contribution in [-0.2, 0) is 16.1 Å². The summed E-state index contributed by atoms with van der Waals surface area (Å²) in [5, 5.41) is 0. The molecule has 1 atom stereocenters. The molecule has 15 heavy (non-hydrogen) atoms. The summed E-state index contributed by atoms with van der Waals surface area (Å²) >= 11 is 4.29. The quantitative estimate of drug-likeness (QED) is 0.568. The Morgan fingerprint density at radius 3 is 2.73 bits per heavy atom. The van der Waals surface area contributed by atoms with E-state index in [1.807, 2.05) is 4.57 Å². The fourth-order valence-electron chi connectivity index (χ4n) is 1.10. The molecule has 5 nitrogen and oxygen atoms in total. The minimum Gasteiger partial charge on any atom is -0.468 e. The van der Waals surface area contributed by atoms with Crippen LogP contribution in [0.1, 0.15) is 6.92 Å². The van der Waals surface area contributed by atoms with Crippen molar-refractivity contribution in [2.75, 3.05) is 7.11 Å². The molecule has 0 aliphatic carbocycles. The lowest BCUT2D eigenvalue weighted by molar-refractivity contribution is -0.146. The smallest absolute Gasteiger partial charge is 0.327 e. The van der Waals surface area contributed by atoms with E-state index in [4.69, 9.17) is 5.73 Å². The van der Waals surface area contributed by atoms with Gasteiger partial charge in [-0.05, 0) is 52.1 Å². The second-order valence-electron chi connectivity index (χ2n) is 3.36. The van der Waals surface area contributed by atoms with Gasteiger partial charge in [0.05, 0.1) is 20.0 Å². The third-order valence-corrected chi connectivity index (χ3v) is 4.84. The average Bonchev–Trinajstić information content (AvgIpc) is 2.48. The molecule has 0 radical (unpaired) electrons. The Labute approximate surface area is 115 Å². The van der Waals surface area contributed by atoms with Gasteiger partial charge in [0, 0.05) is 0 Å². The number of aromatic nitrogens is 2. The van der Waals surface area contributed by atoms with Crippen LogP contribution in [-0.4, -0.2) is 28.2 Å². The minimum atomic E-state index is -1.03. The van der Waals surface area contributed by atoms with Crippen LogP contribution in [0.3, 0.4) is 0 Å². The molecule has 0 fully saturated rings. The van der Waals surface area contributed by atoms with E-state index >= 15 is 0 Å². The number of halogens is 2. The van der Waals surface area contributed by atoms with Crippen molar-refractivity contribution in [1.82, 2.24) is 9.55 Å². The second-order valence-corrected chi connectivity index (χ2v) is 5.41. The van der Waals surface area contributed by atoms with E-state index in [2.05, 4.69) is 54.9 Å². The van der Waals surface area contributed by atoms with Crippen LogP contribution in [0.15, 0.2) is 6.33 Å². The van der Waals surface area contributed by atoms with E-state index in [0.29, 0.717) is 6.54 Å². The number of nitrogens with zero attached hydrogens (tertiary/aromatic N) is 2. The predicted molar refractivity (Wildman–Crippen MR) is 72.3 cm³/mol. The number of nitrogens with two attached hydrogens (primary N) is 1. The van der Waals surface area contributed by atoms with Crippen molar-refractivity contribution in [3.63, 3.8) is 0 Å². The van der Waals surface area contributed by atoms with Crippen LogP contribution >= 0.6 is 45.2 Å². The zero-order valence-corrected chi connectivity index (χ0v) is 12.6. The molecule has 0 saturated carbocycles. The lowest BCUT2D eigenvalue weighted by atomic mass is 10.1. The van der Waals surface area contributed by atoms with Gasteiger partial charge in [0.15, 0.2) is 0 Å². The van der Waals surface area contributed by atoms with E-state index in [1.165, 1.54) is 7.11 Å².